The maximum absolute atomic E-state index is 14.7. The Morgan fingerprint density at radius 3 is 2.09 bits per heavy atom. The first-order valence-electron chi connectivity index (χ1n) is 15.7. The standard InChI is InChI=1S/C33H43N3O6Si/c1-22-31(43(2,3)41)28(16-19-37)42-33(22)26-20-25(35-18-7-5-9-30(35)39)14-15-27(26)36(32(33)40)21-23-10-12-24(13-11-23)34-17-6-4-8-29(34)38/h10-15,20,22,28,31,37,41H,4-9,16-19,21H2,1-3H3/t22-,28+,31-,33+/m1/s1. The van der Waals surface area contributed by atoms with E-state index < -0.39 is 20.0 Å². The molecule has 3 amide bonds. The lowest BCUT2D eigenvalue weighted by molar-refractivity contribution is -0.146. The zero-order chi connectivity index (χ0) is 30.5. The number of piperidine rings is 2. The molecular weight excluding hydrogens is 562 g/mol. The monoisotopic (exact) mass is 605 g/mol. The van der Waals surface area contributed by atoms with Crippen molar-refractivity contribution in [1.82, 2.24) is 0 Å². The summed E-state index contributed by atoms with van der Waals surface area (Å²) < 4.78 is 6.76. The van der Waals surface area contributed by atoms with Crippen molar-refractivity contribution in [3.8, 4) is 0 Å². The molecule has 4 atom stereocenters. The van der Waals surface area contributed by atoms with Crippen molar-refractivity contribution in [3.05, 3.63) is 53.6 Å². The Bertz CT molecular complexity index is 1410. The van der Waals surface area contributed by atoms with E-state index in [1.54, 1.807) is 9.80 Å². The number of hydrogen-bond donors (Lipinski definition) is 2. The Labute approximate surface area is 254 Å². The molecule has 0 unspecified atom stereocenters. The number of nitrogens with zero attached hydrogens (tertiary/aromatic N) is 3. The highest BCUT2D eigenvalue weighted by molar-refractivity contribution is 6.71. The van der Waals surface area contributed by atoms with Crippen LogP contribution in [0.15, 0.2) is 42.5 Å². The number of fused-ring (bicyclic) bond motifs is 2. The smallest absolute Gasteiger partial charge is 0.264 e. The van der Waals surface area contributed by atoms with Crippen molar-refractivity contribution in [3.63, 3.8) is 0 Å². The van der Waals surface area contributed by atoms with E-state index in [4.69, 9.17) is 4.74 Å². The van der Waals surface area contributed by atoms with E-state index in [0.717, 1.165) is 60.4 Å². The minimum atomic E-state index is -2.82. The van der Waals surface area contributed by atoms with E-state index in [-0.39, 0.29) is 35.8 Å². The van der Waals surface area contributed by atoms with Gasteiger partial charge in [0.2, 0.25) is 11.8 Å². The molecule has 2 N–H and O–H groups in total. The fraction of sp³-hybridized carbons (Fsp3) is 0.545. The minimum absolute atomic E-state index is 0.0778. The molecule has 0 radical (unpaired) electrons. The number of rotatable bonds is 7. The van der Waals surface area contributed by atoms with E-state index in [1.165, 1.54) is 0 Å². The highest BCUT2D eigenvalue weighted by Crippen LogP contribution is 2.60. The van der Waals surface area contributed by atoms with Crippen LogP contribution in [0.5, 0.6) is 0 Å². The van der Waals surface area contributed by atoms with Gasteiger partial charge < -0.3 is 29.3 Å². The number of aliphatic hydroxyl groups excluding tert-OH is 1. The van der Waals surface area contributed by atoms with Crippen molar-refractivity contribution < 1.29 is 29.0 Å². The van der Waals surface area contributed by atoms with Crippen LogP contribution in [0.2, 0.25) is 18.6 Å². The Hall–Kier alpha value is -3.05. The molecule has 43 heavy (non-hydrogen) atoms. The van der Waals surface area contributed by atoms with Gasteiger partial charge in [0.15, 0.2) is 13.9 Å². The van der Waals surface area contributed by atoms with Gasteiger partial charge in [0.05, 0.1) is 18.3 Å². The Morgan fingerprint density at radius 2 is 1.51 bits per heavy atom. The van der Waals surface area contributed by atoms with E-state index in [2.05, 4.69) is 0 Å². The van der Waals surface area contributed by atoms with Gasteiger partial charge in [-0.3, -0.25) is 14.4 Å². The van der Waals surface area contributed by atoms with Crippen LogP contribution in [0.25, 0.3) is 0 Å². The highest BCUT2D eigenvalue weighted by atomic mass is 28.4. The van der Waals surface area contributed by atoms with Crippen molar-refractivity contribution >= 4 is 43.1 Å². The van der Waals surface area contributed by atoms with Crippen LogP contribution >= 0.6 is 0 Å². The molecule has 4 heterocycles. The second-order valence-electron chi connectivity index (χ2n) is 13.1. The van der Waals surface area contributed by atoms with Crippen molar-refractivity contribution in [1.29, 1.82) is 0 Å². The zero-order valence-electron chi connectivity index (χ0n) is 25.4. The maximum atomic E-state index is 14.7. The van der Waals surface area contributed by atoms with Gasteiger partial charge in [0.25, 0.3) is 5.91 Å². The summed E-state index contributed by atoms with van der Waals surface area (Å²) in [5, 5.41) is 9.90. The summed E-state index contributed by atoms with van der Waals surface area (Å²) in [6.45, 7) is 7.30. The number of hydrogen-bond acceptors (Lipinski definition) is 6. The van der Waals surface area contributed by atoms with Gasteiger partial charge in [0, 0.05) is 60.9 Å². The average molecular weight is 606 g/mol. The van der Waals surface area contributed by atoms with Gasteiger partial charge in [-0.05, 0) is 81.1 Å². The van der Waals surface area contributed by atoms with Crippen molar-refractivity contribution in [2.24, 2.45) is 5.92 Å². The lowest BCUT2D eigenvalue weighted by Gasteiger charge is -2.33. The Kier molecular flexibility index (Phi) is 8.00. The van der Waals surface area contributed by atoms with Crippen LogP contribution in [0, 0.1) is 5.92 Å². The summed E-state index contributed by atoms with van der Waals surface area (Å²) in [4.78, 5) is 56.8. The lowest BCUT2D eigenvalue weighted by atomic mass is 9.82. The second kappa shape index (κ2) is 11.5. The van der Waals surface area contributed by atoms with Crippen LogP contribution in [0.3, 0.4) is 0 Å². The first kappa shape index (κ1) is 30.0. The Morgan fingerprint density at radius 1 is 0.907 bits per heavy atom. The molecule has 10 heteroatoms. The van der Waals surface area contributed by atoms with Crippen LogP contribution < -0.4 is 14.7 Å². The summed E-state index contributed by atoms with van der Waals surface area (Å²) in [6.07, 6.45) is 4.65. The van der Waals surface area contributed by atoms with E-state index in [9.17, 15) is 24.3 Å². The van der Waals surface area contributed by atoms with Gasteiger partial charge in [-0.15, -0.1) is 0 Å². The van der Waals surface area contributed by atoms with Crippen molar-refractivity contribution in [2.75, 3.05) is 34.4 Å². The SMILES string of the molecule is C[C@@H]1[C@@H]([Si](C)(C)O)[C@H](CCO)O[C@@]12C(=O)N(Cc1ccc(N3CCCCC3=O)cc1)c1ccc(N3CCCCC3=O)cc12. The number of carbonyl (C=O) groups is 3. The summed E-state index contributed by atoms with van der Waals surface area (Å²) in [5.74, 6) is -0.306. The number of benzene rings is 2. The van der Waals surface area contributed by atoms with Gasteiger partial charge >= 0.3 is 0 Å². The topological polar surface area (TPSA) is 111 Å². The molecule has 2 aromatic carbocycles. The van der Waals surface area contributed by atoms with Crippen LogP contribution in [0.4, 0.5) is 17.1 Å². The highest BCUT2D eigenvalue weighted by Gasteiger charge is 2.66. The van der Waals surface area contributed by atoms with Gasteiger partial charge in [-0.1, -0.05) is 19.1 Å². The fourth-order valence-electron chi connectivity index (χ4n) is 7.91. The average Bonchev–Trinajstić information content (AvgIpc) is 3.40. The lowest BCUT2D eigenvalue weighted by Crippen LogP contribution is -2.46. The molecule has 1 spiro atoms. The number of aliphatic hydroxyl groups is 1. The molecule has 3 saturated heterocycles. The van der Waals surface area contributed by atoms with Gasteiger partial charge in [-0.25, -0.2) is 0 Å². The normalized spacial score (nSPS) is 27.9. The maximum Gasteiger partial charge on any atom is 0.264 e. The van der Waals surface area contributed by atoms with Crippen LogP contribution in [-0.4, -0.2) is 61.7 Å². The molecular formula is C33H43N3O6Si. The first-order valence-corrected chi connectivity index (χ1v) is 18.8. The number of amides is 3. The summed E-state index contributed by atoms with van der Waals surface area (Å²) in [6, 6.07) is 13.6. The third kappa shape index (κ3) is 5.12. The Balaban J connectivity index is 1.39. The predicted molar refractivity (Wildman–Crippen MR) is 167 cm³/mol. The van der Waals surface area contributed by atoms with E-state index in [1.807, 2.05) is 67.4 Å². The summed E-state index contributed by atoms with van der Waals surface area (Å²) in [5.41, 5.74) is 2.41. The quantitative estimate of drug-likeness (QED) is 0.452. The van der Waals surface area contributed by atoms with Crippen LogP contribution in [0.1, 0.15) is 63.0 Å². The molecule has 4 aliphatic rings. The predicted octanol–water partition coefficient (Wildman–Crippen LogP) is 4.45. The summed E-state index contributed by atoms with van der Waals surface area (Å²) >= 11 is 0. The molecule has 9 nitrogen and oxygen atoms in total. The summed E-state index contributed by atoms with van der Waals surface area (Å²) in [7, 11) is -2.82. The molecule has 6 rings (SSSR count). The fourth-order valence-corrected chi connectivity index (χ4v) is 10.5. The molecule has 0 saturated carbocycles. The number of carbonyl (C=O) groups excluding carboxylic acids is 3. The largest absolute Gasteiger partial charge is 0.432 e. The molecule has 0 aliphatic carbocycles. The first-order chi connectivity index (χ1) is 20.6. The molecule has 2 aromatic rings. The third-order valence-electron chi connectivity index (χ3n) is 9.93. The molecule has 3 fully saturated rings. The van der Waals surface area contributed by atoms with Crippen molar-refractivity contribution in [2.45, 2.75) is 88.8 Å². The van der Waals surface area contributed by atoms with Crippen LogP contribution in [-0.2, 0) is 31.3 Å². The van der Waals surface area contributed by atoms with Gasteiger partial charge in [-0.2, -0.15) is 0 Å². The third-order valence-corrected chi connectivity index (χ3v) is 12.4. The molecule has 0 bridgehead atoms. The van der Waals surface area contributed by atoms with E-state index in [0.29, 0.717) is 32.4 Å². The van der Waals surface area contributed by atoms with E-state index >= 15 is 0 Å². The van der Waals surface area contributed by atoms with Gasteiger partial charge in [0.1, 0.15) is 0 Å². The molecule has 4 aliphatic heterocycles. The molecule has 0 aromatic heterocycles. The number of ether oxygens (including phenoxy) is 1. The molecule has 230 valence electrons. The zero-order valence-corrected chi connectivity index (χ0v) is 26.4. The number of anilines is 3. The minimum Gasteiger partial charge on any atom is -0.432 e. The second-order valence-corrected chi connectivity index (χ2v) is 17.1.